The number of hydrogen-bond acceptors (Lipinski definition) is 6. The first-order valence-corrected chi connectivity index (χ1v) is 6.02. The monoisotopic (exact) mass is 298 g/mol. The van der Waals surface area contributed by atoms with Gasteiger partial charge in [-0.2, -0.15) is 0 Å². The molecular weight excluding hydrogens is 288 g/mol. The van der Waals surface area contributed by atoms with Gasteiger partial charge in [-0.15, -0.1) is 5.10 Å². The number of ether oxygens (including phenoxy) is 1. The highest BCUT2D eigenvalue weighted by Gasteiger charge is 2.24. The summed E-state index contributed by atoms with van der Waals surface area (Å²) in [5.74, 6) is -0.525. The fourth-order valence-corrected chi connectivity index (χ4v) is 1.76. The number of rotatable bonds is 3. The molecule has 0 atom stereocenters. The number of hydrazone groups is 1. The SMILES string of the molecule is CN1CCOC(=O)C1=NNc1ccc(Cl)cc1[N+](=O)[O-]. The molecule has 0 unspecified atom stereocenters. The third-order valence-corrected chi connectivity index (χ3v) is 2.88. The molecule has 1 aromatic rings. The van der Waals surface area contributed by atoms with Crippen LogP contribution in [0, 0.1) is 10.1 Å². The molecule has 2 rings (SSSR count). The third-order valence-electron chi connectivity index (χ3n) is 2.64. The summed E-state index contributed by atoms with van der Waals surface area (Å²) < 4.78 is 4.84. The Morgan fingerprint density at radius 1 is 1.55 bits per heavy atom. The molecule has 0 bridgehead atoms. The van der Waals surface area contributed by atoms with E-state index in [0.717, 1.165) is 0 Å². The Labute approximate surface area is 119 Å². The molecule has 0 saturated carbocycles. The molecule has 1 aromatic carbocycles. The van der Waals surface area contributed by atoms with Crippen molar-refractivity contribution in [3.8, 4) is 0 Å². The van der Waals surface area contributed by atoms with Gasteiger partial charge in [0.15, 0.2) is 0 Å². The summed E-state index contributed by atoms with van der Waals surface area (Å²) in [7, 11) is 1.68. The minimum atomic E-state index is -0.586. The first-order chi connectivity index (χ1) is 9.49. The predicted octanol–water partition coefficient (Wildman–Crippen LogP) is 1.46. The number of benzene rings is 1. The molecule has 1 fully saturated rings. The number of cyclic esters (lactones) is 1. The van der Waals surface area contributed by atoms with Crippen LogP contribution in [0.25, 0.3) is 0 Å². The number of anilines is 1. The molecule has 1 N–H and O–H groups in total. The number of likely N-dealkylation sites (N-methyl/N-ethyl adjacent to an activating group) is 1. The number of nitrogens with zero attached hydrogens (tertiary/aromatic N) is 3. The number of halogens is 1. The molecule has 1 aliphatic rings. The van der Waals surface area contributed by atoms with Crippen LogP contribution in [0.4, 0.5) is 11.4 Å². The lowest BCUT2D eigenvalue weighted by Crippen LogP contribution is -2.43. The van der Waals surface area contributed by atoms with Crippen molar-refractivity contribution in [1.82, 2.24) is 4.90 Å². The normalized spacial score (nSPS) is 17.0. The Balaban J connectivity index is 2.26. The smallest absolute Gasteiger partial charge is 0.376 e. The zero-order valence-electron chi connectivity index (χ0n) is 10.5. The number of hydrogen-bond donors (Lipinski definition) is 1. The van der Waals surface area contributed by atoms with Gasteiger partial charge >= 0.3 is 5.97 Å². The molecule has 1 aliphatic heterocycles. The van der Waals surface area contributed by atoms with Crippen molar-refractivity contribution in [3.05, 3.63) is 33.3 Å². The van der Waals surface area contributed by atoms with E-state index in [9.17, 15) is 14.9 Å². The van der Waals surface area contributed by atoms with E-state index in [0.29, 0.717) is 6.54 Å². The van der Waals surface area contributed by atoms with E-state index in [-0.39, 0.29) is 28.8 Å². The average molecular weight is 299 g/mol. The van der Waals surface area contributed by atoms with Gasteiger partial charge in [0.1, 0.15) is 12.3 Å². The van der Waals surface area contributed by atoms with Gasteiger partial charge in [0.05, 0.1) is 11.5 Å². The van der Waals surface area contributed by atoms with Crippen molar-refractivity contribution in [2.45, 2.75) is 0 Å². The first-order valence-electron chi connectivity index (χ1n) is 5.65. The molecule has 9 heteroatoms. The molecule has 0 aromatic heterocycles. The molecule has 0 amide bonds. The van der Waals surface area contributed by atoms with Crippen LogP contribution in [-0.2, 0) is 9.53 Å². The quantitative estimate of drug-likeness (QED) is 0.515. The Hall–Kier alpha value is -2.35. The minimum Gasteiger partial charge on any atom is -0.458 e. The molecule has 106 valence electrons. The second kappa shape index (κ2) is 5.74. The molecule has 1 saturated heterocycles. The van der Waals surface area contributed by atoms with Gasteiger partial charge in [-0.1, -0.05) is 11.6 Å². The highest BCUT2D eigenvalue weighted by atomic mass is 35.5. The largest absolute Gasteiger partial charge is 0.458 e. The van der Waals surface area contributed by atoms with E-state index >= 15 is 0 Å². The molecule has 0 spiro atoms. The topological polar surface area (TPSA) is 97.1 Å². The van der Waals surface area contributed by atoms with E-state index in [1.165, 1.54) is 18.2 Å². The molecular formula is C11H11ClN4O4. The number of nitro benzene ring substituents is 1. The predicted molar refractivity (Wildman–Crippen MR) is 72.8 cm³/mol. The van der Waals surface area contributed by atoms with Crippen LogP contribution in [0.3, 0.4) is 0 Å². The summed E-state index contributed by atoms with van der Waals surface area (Å²) in [5, 5.41) is 15.0. The fourth-order valence-electron chi connectivity index (χ4n) is 1.60. The molecule has 0 radical (unpaired) electrons. The zero-order valence-corrected chi connectivity index (χ0v) is 11.3. The van der Waals surface area contributed by atoms with Crippen LogP contribution < -0.4 is 5.43 Å². The summed E-state index contributed by atoms with van der Waals surface area (Å²) in [6.45, 7) is 0.796. The number of morpholine rings is 1. The van der Waals surface area contributed by atoms with Crippen molar-refractivity contribution in [1.29, 1.82) is 0 Å². The summed E-state index contributed by atoms with van der Waals surface area (Å²) in [6.07, 6.45) is 0. The number of carbonyl (C=O) groups is 1. The second-order valence-corrected chi connectivity index (χ2v) is 4.46. The number of amidine groups is 1. The van der Waals surface area contributed by atoms with E-state index in [2.05, 4.69) is 10.5 Å². The van der Waals surface area contributed by atoms with E-state index in [1.807, 2.05) is 0 Å². The minimum absolute atomic E-state index is 0.0560. The van der Waals surface area contributed by atoms with Gasteiger partial charge < -0.3 is 9.64 Å². The first kappa shape index (κ1) is 14.1. The Morgan fingerprint density at radius 2 is 2.30 bits per heavy atom. The summed E-state index contributed by atoms with van der Waals surface area (Å²) in [4.78, 5) is 23.4. The van der Waals surface area contributed by atoms with Crippen molar-refractivity contribution in [2.75, 3.05) is 25.6 Å². The van der Waals surface area contributed by atoms with E-state index in [1.54, 1.807) is 11.9 Å². The van der Waals surface area contributed by atoms with Gasteiger partial charge in [0, 0.05) is 18.1 Å². The van der Waals surface area contributed by atoms with Crippen molar-refractivity contribution < 1.29 is 14.5 Å². The molecule has 20 heavy (non-hydrogen) atoms. The number of esters is 1. The van der Waals surface area contributed by atoms with Gasteiger partial charge in [0.2, 0.25) is 5.84 Å². The van der Waals surface area contributed by atoms with Crippen LogP contribution in [-0.4, -0.2) is 41.8 Å². The van der Waals surface area contributed by atoms with Crippen molar-refractivity contribution >= 4 is 34.8 Å². The lowest BCUT2D eigenvalue weighted by atomic mass is 10.3. The second-order valence-electron chi connectivity index (χ2n) is 4.02. The zero-order chi connectivity index (χ0) is 14.7. The molecule has 0 aliphatic carbocycles. The summed E-state index contributed by atoms with van der Waals surface area (Å²) in [5.41, 5.74) is 2.41. The highest BCUT2D eigenvalue weighted by molar-refractivity contribution is 6.35. The Bertz CT molecular complexity index is 590. The van der Waals surface area contributed by atoms with E-state index in [4.69, 9.17) is 16.3 Å². The summed E-state index contributed by atoms with van der Waals surface area (Å²) >= 11 is 5.71. The maximum Gasteiger partial charge on any atom is 0.376 e. The summed E-state index contributed by atoms with van der Waals surface area (Å²) in [6, 6.07) is 4.10. The number of nitrogens with one attached hydrogen (secondary N) is 1. The van der Waals surface area contributed by atoms with Gasteiger partial charge in [-0.05, 0) is 12.1 Å². The van der Waals surface area contributed by atoms with Gasteiger partial charge in [0.25, 0.3) is 5.69 Å². The maximum absolute atomic E-state index is 11.5. The Kier molecular flexibility index (Phi) is 4.04. The van der Waals surface area contributed by atoms with Crippen LogP contribution >= 0.6 is 11.6 Å². The van der Waals surface area contributed by atoms with Crippen LogP contribution in [0.5, 0.6) is 0 Å². The van der Waals surface area contributed by atoms with Gasteiger partial charge in [-0.25, -0.2) is 4.79 Å². The fraction of sp³-hybridized carbons (Fsp3) is 0.273. The van der Waals surface area contributed by atoms with Crippen LogP contribution in [0.2, 0.25) is 5.02 Å². The van der Waals surface area contributed by atoms with Crippen molar-refractivity contribution in [3.63, 3.8) is 0 Å². The van der Waals surface area contributed by atoms with Crippen molar-refractivity contribution in [2.24, 2.45) is 5.10 Å². The third kappa shape index (κ3) is 2.97. The average Bonchev–Trinajstić information content (AvgIpc) is 2.39. The lowest BCUT2D eigenvalue weighted by molar-refractivity contribution is -0.383. The molecule has 1 heterocycles. The number of nitro groups is 1. The Morgan fingerprint density at radius 3 is 2.95 bits per heavy atom. The van der Waals surface area contributed by atoms with Gasteiger partial charge in [-0.3, -0.25) is 15.5 Å². The van der Waals surface area contributed by atoms with Crippen LogP contribution in [0.15, 0.2) is 23.3 Å². The highest BCUT2D eigenvalue weighted by Crippen LogP contribution is 2.27. The molecule has 8 nitrogen and oxygen atoms in total. The maximum atomic E-state index is 11.5. The number of carbonyl (C=O) groups excluding carboxylic acids is 1. The lowest BCUT2D eigenvalue weighted by Gasteiger charge is -2.24. The van der Waals surface area contributed by atoms with E-state index < -0.39 is 10.9 Å². The standard InChI is InChI=1S/C11H11ClN4O4/c1-15-4-5-20-11(17)10(15)14-13-8-3-2-7(12)6-9(8)16(18)19/h2-3,6,13H,4-5H2,1H3. The van der Waals surface area contributed by atoms with Crippen LogP contribution in [0.1, 0.15) is 0 Å².